The number of nitrogens with two attached hydrogens (primary N) is 1. The number of likely N-dealkylation sites (N-methyl/N-ethyl adjacent to an activating group) is 1. The fourth-order valence-electron chi connectivity index (χ4n) is 1.78. The molecule has 0 fully saturated rings. The number of benzene rings is 1. The second kappa shape index (κ2) is 6.50. The molecule has 3 nitrogen and oxygen atoms in total. The van der Waals surface area contributed by atoms with Gasteiger partial charge in [0.25, 0.3) is 0 Å². The number of nitrogens with one attached hydrogen (secondary N) is 1. The van der Waals surface area contributed by atoms with E-state index in [1.165, 1.54) is 17.7 Å². The lowest BCUT2D eigenvalue weighted by atomic mass is 10.2. The third-order valence-electron chi connectivity index (χ3n) is 3.37. The highest BCUT2D eigenvalue weighted by Gasteiger charge is 2.05. The molecule has 1 atom stereocenters. The predicted octanol–water partition coefficient (Wildman–Crippen LogP) is 2.72. The molecule has 0 saturated carbocycles. The first-order valence-corrected chi connectivity index (χ1v) is 6.34. The number of nitrogens with zero attached hydrogens (tertiary/aromatic N) is 1. The van der Waals surface area contributed by atoms with Crippen molar-refractivity contribution in [2.24, 2.45) is 0 Å². The Hall–Kier alpha value is -1.22. The minimum absolute atomic E-state index is 0.643. The van der Waals surface area contributed by atoms with E-state index in [0.717, 1.165) is 18.8 Å². The molecule has 0 bridgehead atoms. The molecule has 0 radical (unpaired) electrons. The van der Waals surface area contributed by atoms with E-state index in [1.54, 1.807) is 0 Å². The summed E-state index contributed by atoms with van der Waals surface area (Å²) in [5, 5.41) is 3.45. The van der Waals surface area contributed by atoms with E-state index in [1.807, 2.05) is 18.2 Å². The van der Waals surface area contributed by atoms with Crippen LogP contribution in [0.2, 0.25) is 0 Å². The Morgan fingerprint density at radius 2 is 2.12 bits per heavy atom. The van der Waals surface area contributed by atoms with Gasteiger partial charge in [-0.05, 0) is 51.1 Å². The van der Waals surface area contributed by atoms with Crippen molar-refractivity contribution in [3.8, 4) is 0 Å². The van der Waals surface area contributed by atoms with Crippen LogP contribution in [-0.4, -0.2) is 31.1 Å². The molecule has 1 aromatic carbocycles. The number of aryl methyl sites for hydroxylation is 1. The molecule has 17 heavy (non-hydrogen) atoms. The van der Waals surface area contributed by atoms with E-state index < -0.39 is 0 Å². The quantitative estimate of drug-likeness (QED) is 0.745. The van der Waals surface area contributed by atoms with E-state index >= 15 is 0 Å². The Morgan fingerprint density at radius 3 is 2.71 bits per heavy atom. The smallest absolute Gasteiger partial charge is 0.0371 e. The van der Waals surface area contributed by atoms with Crippen molar-refractivity contribution in [2.75, 3.05) is 31.2 Å². The molecule has 0 saturated heterocycles. The molecule has 1 rings (SSSR count). The lowest BCUT2D eigenvalue weighted by molar-refractivity contribution is 0.261. The lowest BCUT2D eigenvalue weighted by Crippen LogP contribution is -2.32. The zero-order chi connectivity index (χ0) is 12.8. The van der Waals surface area contributed by atoms with Gasteiger partial charge in [0.1, 0.15) is 0 Å². The van der Waals surface area contributed by atoms with Gasteiger partial charge in [0, 0.05) is 30.5 Å². The summed E-state index contributed by atoms with van der Waals surface area (Å²) in [4.78, 5) is 2.37. The molecular weight excluding hydrogens is 210 g/mol. The van der Waals surface area contributed by atoms with Crippen LogP contribution in [0.25, 0.3) is 0 Å². The maximum absolute atomic E-state index is 5.73. The highest BCUT2D eigenvalue weighted by atomic mass is 15.1. The lowest BCUT2D eigenvalue weighted by Gasteiger charge is -2.23. The van der Waals surface area contributed by atoms with Crippen LogP contribution >= 0.6 is 0 Å². The molecule has 1 aromatic rings. The van der Waals surface area contributed by atoms with Gasteiger partial charge in [-0.3, -0.25) is 0 Å². The Bertz CT molecular complexity index is 349. The maximum atomic E-state index is 5.73. The summed E-state index contributed by atoms with van der Waals surface area (Å²) in [6.07, 6.45) is 1.19. The first-order chi connectivity index (χ1) is 8.04. The molecule has 3 N–H and O–H groups in total. The van der Waals surface area contributed by atoms with Crippen molar-refractivity contribution >= 4 is 11.4 Å². The van der Waals surface area contributed by atoms with Gasteiger partial charge in [-0.15, -0.1) is 0 Å². The van der Waals surface area contributed by atoms with Gasteiger partial charge in [-0.1, -0.05) is 6.92 Å². The van der Waals surface area contributed by atoms with E-state index in [9.17, 15) is 0 Å². The topological polar surface area (TPSA) is 41.3 Å². The third-order valence-corrected chi connectivity index (χ3v) is 3.37. The van der Waals surface area contributed by atoms with Gasteiger partial charge in [0.15, 0.2) is 0 Å². The minimum atomic E-state index is 0.643. The first kappa shape index (κ1) is 13.8. The number of anilines is 2. The van der Waals surface area contributed by atoms with Gasteiger partial charge in [-0.25, -0.2) is 0 Å². The Kier molecular flexibility index (Phi) is 5.29. The van der Waals surface area contributed by atoms with Gasteiger partial charge < -0.3 is 16.0 Å². The molecule has 0 aliphatic rings. The number of nitrogen functional groups attached to an aromatic ring is 1. The normalized spacial score (nSPS) is 12.8. The molecule has 0 aliphatic heterocycles. The maximum Gasteiger partial charge on any atom is 0.0371 e. The standard InChI is InChI=1S/C14H25N3/c1-5-12(3)17(4)9-8-16-14-7-6-13(15)10-11(14)2/h6-7,10,12,16H,5,8-9,15H2,1-4H3. The van der Waals surface area contributed by atoms with Crippen molar-refractivity contribution in [1.29, 1.82) is 0 Å². The van der Waals surface area contributed by atoms with Crippen molar-refractivity contribution < 1.29 is 0 Å². The zero-order valence-electron chi connectivity index (χ0n) is 11.5. The summed E-state index contributed by atoms with van der Waals surface area (Å²) in [6, 6.07) is 6.63. The van der Waals surface area contributed by atoms with E-state index in [2.05, 4.69) is 38.0 Å². The molecule has 0 aromatic heterocycles. The molecular formula is C14H25N3. The number of hydrogen-bond donors (Lipinski definition) is 2. The van der Waals surface area contributed by atoms with E-state index in [0.29, 0.717) is 6.04 Å². The molecule has 0 aliphatic carbocycles. The summed E-state index contributed by atoms with van der Waals surface area (Å²) >= 11 is 0. The first-order valence-electron chi connectivity index (χ1n) is 6.34. The largest absolute Gasteiger partial charge is 0.399 e. The average Bonchev–Trinajstić information content (AvgIpc) is 2.30. The van der Waals surface area contributed by atoms with Crippen molar-refractivity contribution in [1.82, 2.24) is 4.90 Å². The second-order valence-corrected chi connectivity index (χ2v) is 4.74. The van der Waals surface area contributed by atoms with Crippen LogP contribution in [-0.2, 0) is 0 Å². The van der Waals surface area contributed by atoms with Crippen molar-refractivity contribution in [3.63, 3.8) is 0 Å². The summed E-state index contributed by atoms with van der Waals surface area (Å²) in [5.74, 6) is 0. The zero-order valence-corrected chi connectivity index (χ0v) is 11.5. The number of rotatable bonds is 6. The minimum Gasteiger partial charge on any atom is -0.399 e. The van der Waals surface area contributed by atoms with Gasteiger partial charge in [0.05, 0.1) is 0 Å². The summed E-state index contributed by atoms with van der Waals surface area (Å²) in [5.41, 5.74) is 8.93. The highest BCUT2D eigenvalue weighted by molar-refractivity contribution is 5.57. The van der Waals surface area contributed by atoms with Gasteiger partial charge in [0.2, 0.25) is 0 Å². The van der Waals surface area contributed by atoms with E-state index in [4.69, 9.17) is 5.73 Å². The molecule has 0 heterocycles. The number of hydrogen-bond acceptors (Lipinski definition) is 3. The van der Waals surface area contributed by atoms with Crippen LogP contribution in [0.1, 0.15) is 25.8 Å². The fourth-order valence-corrected chi connectivity index (χ4v) is 1.78. The third kappa shape index (κ3) is 4.27. The molecule has 1 unspecified atom stereocenters. The summed E-state index contributed by atoms with van der Waals surface area (Å²) in [7, 11) is 2.17. The van der Waals surface area contributed by atoms with Crippen LogP contribution in [0.4, 0.5) is 11.4 Å². The van der Waals surface area contributed by atoms with E-state index in [-0.39, 0.29) is 0 Å². The van der Waals surface area contributed by atoms with Crippen LogP contribution in [0.3, 0.4) is 0 Å². The van der Waals surface area contributed by atoms with Crippen molar-refractivity contribution in [2.45, 2.75) is 33.2 Å². The fraction of sp³-hybridized carbons (Fsp3) is 0.571. The second-order valence-electron chi connectivity index (χ2n) is 4.74. The Morgan fingerprint density at radius 1 is 1.41 bits per heavy atom. The molecule has 0 spiro atoms. The van der Waals surface area contributed by atoms with Gasteiger partial charge >= 0.3 is 0 Å². The Balaban J connectivity index is 2.40. The highest BCUT2D eigenvalue weighted by Crippen LogP contribution is 2.17. The van der Waals surface area contributed by atoms with Crippen LogP contribution < -0.4 is 11.1 Å². The molecule has 96 valence electrons. The van der Waals surface area contributed by atoms with Crippen LogP contribution in [0.15, 0.2) is 18.2 Å². The van der Waals surface area contributed by atoms with Crippen LogP contribution in [0.5, 0.6) is 0 Å². The predicted molar refractivity (Wildman–Crippen MR) is 76.5 cm³/mol. The van der Waals surface area contributed by atoms with Gasteiger partial charge in [-0.2, -0.15) is 0 Å². The summed E-state index contributed by atoms with van der Waals surface area (Å²) in [6.45, 7) is 8.58. The molecule has 3 heteroatoms. The monoisotopic (exact) mass is 235 g/mol. The average molecular weight is 235 g/mol. The SMILES string of the molecule is CCC(C)N(C)CCNc1ccc(N)cc1C. The van der Waals surface area contributed by atoms with Crippen LogP contribution in [0, 0.1) is 6.92 Å². The summed E-state index contributed by atoms with van der Waals surface area (Å²) < 4.78 is 0. The molecule has 0 amide bonds. The Labute approximate surface area is 105 Å². The van der Waals surface area contributed by atoms with Crippen molar-refractivity contribution in [3.05, 3.63) is 23.8 Å².